The molecule has 0 unspecified atom stereocenters. The van der Waals surface area contributed by atoms with E-state index in [1.165, 1.54) is 11.0 Å². The molecule has 2 rings (SSSR count). The van der Waals surface area contributed by atoms with Gasteiger partial charge in [-0.2, -0.15) is 0 Å². The fourth-order valence-corrected chi connectivity index (χ4v) is 2.53. The molecule has 0 atom stereocenters. The molecule has 0 bridgehead atoms. The van der Waals surface area contributed by atoms with Gasteiger partial charge in [-0.1, -0.05) is 17.7 Å². The summed E-state index contributed by atoms with van der Waals surface area (Å²) in [5.74, 6) is 0.0447. The molecule has 0 aliphatic carbocycles. The van der Waals surface area contributed by atoms with Gasteiger partial charge in [0.2, 0.25) is 0 Å². The third kappa shape index (κ3) is 3.13. The molecule has 0 spiro atoms. The van der Waals surface area contributed by atoms with E-state index < -0.39 is 11.9 Å². The standard InChI is InChI=1S/C13H15ClFNO2/c14-11-8-10(1-2-12(11)15)7-9-3-5-16(6-4-9)13(17)18/h1-2,8-9H,3-7H2,(H,17,18). The number of hydrogen-bond donors (Lipinski definition) is 1. The first kappa shape index (κ1) is 13.1. The fourth-order valence-electron chi connectivity index (χ4n) is 2.33. The summed E-state index contributed by atoms with van der Waals surface area (Å²) in [4.78, 5) is 12.2. The summed E-state index contributed by atoms with van der Waals surface area (Å²) >= 11 is 5.74. The molecule has 1 saturated heterocycles. The Balaban J connectivity index is 1.91. The zero-order valence-electron chi connectivity index (χ0n) is 9.90. The van der Waals surface area contributed by atoms with E-state index >= 15 is 0 Å². The van der Waals surface area contributed by atoms with Crippen molar-refractivity contribution in [2.45, 2.75) is 19.3 Å². The summed E-state index contributed by atoms with van der Waals surface area (Å²) in [6.45, 7) is 1.16. The number of benzene rings is 1. The lowest BCUT2D eigenvalue weighted by molar-refractivity contribution is 0.124. The van der Waals surface area contributed by atoms with Crippen molar-refractivity contribution in [2.75, 3.05) is 13.1 Å². The van der Waals surface area contributed by atoms with E-state index in [4.69, 9.17) is 16.7 Å². The van der Waals surface area contributed by atoms with E-state index in [-0.39, 0.29) is 5.02 Å². The third-order valence-electron chi connectivity index (χ3n) is 3.39. The monoisotopic (exact) mass is 271 g/mol. The van der Waals surface area contributed by atoms with Crippen LogP contribution in [0.1, 0.15) is 18.4 Å². The van der Waals surface area contributed by atoms with E-state index in [1.807, 2.05) is 0 Å². The Morgan fingerprint density at radius 1 is 1.44 bits per heavy atom. The van der Waals surface area contributed by atoms with Crippen LogP contribution in [0.5, 0.6) is 0 Å². The number of piperidine rings is 1. The van der Waals surface area contributed by atoms with Crippen LogP contribution in [0.2, 0.25) is 5.02 Å². The van der Waals surface area contributed by atoms with Gasteiger partial charge < -0.3 is 10.0 Å². The second-order valence-corrected chi connectivity index (χ2v) is 5.07. The highest BCUT2D eigenvalue weighted by molar-refractivity contribution is 6.30. The predicted octanol–water partition coefficient (Wildman–Crippen LogP) is 3.41. The second kappa shape index (κ2) is 5.57. The van der Waals surface area contributed by atoms with Gasteiger partial charge in [-0.25, -0.2) is 9.18 Å². The SMILES string of the molecule is O=C(O)N1CCC(Cc2ccc(F)c(Cl)c2)CC1. The van der Waals surface area contributed by atoms with E-state index in [0.29, 0.717) is 19.0 Å². The molecule has 1 heterocycles. The first-order valence-electron chi connectivity index (χ1n) is 5.98. The van der Waals surface area contributed by atoms with Crippen LogP contribution in [0.3, 0.4) is 0 Å². The van der Waals surface area contributed by atoms with Gasteiger partial charge in [0.05, 0.1) is 5.02 Å². The zero-order chi connectivity index (χ0) is 13.1. The minimum Gasteiger partial charge on any atom is -0.465 e. The Morgan fingerprint density at radius 3 is 2.67 bits per heavy atom. The van der Waals surface area contributed by atoms with Crippen LogP contribution in [0, 0.1) is 11.7 Å². The molecule has 1 fully saturated rings. The van der Waals surface area contributed by atoms with Gasteiger partial charge in [0.25, 0.3) is 0 Å². The zero-order valence-corrected chi connectivity index (χ0v) is 10.7. The largest absolute Gasteiger partial charge is 0.465 e. The quantitative estimate of drug-likeness (QED) is 0.895. The molecule has 3 nitrogen and oxygen atoms in total. The first-order valence-corrected chi connectivity index (χ1v) is 6.36. The normalized spacial score (nSPS) is 16.9. The van der Waals surface area contributed by atoms with Crippen LogP contribution in [0.15, 0.2) is 18.2 Å². The highest BCUT2D eigenvalue weighted by atomic mass is 35.5. The number of amides is 1. The molecule has 1 amide bonds. The molecule has 0 aromatic heterocycles. The van der Waals surface area contributed by atoms with E-state index in [1.54, 1.807) is 12.1 Å². The van der Waals surface area contributed by atoms with E-state index in [0.717, 1.165) is 24.8 Å². The van der Waals surface area contributed by atoms with Gasteiger partial charge in [0, 0.05) is 13.1 Å². The maximum absolute atomic E-state index is 13.0. The van der Waals surface area contributed by atoms with Crippen LogP contribution in [0.25, 0.3) is 0 Å². The lowest BCUT2D eigenvalue weighted by atomic mass is 9.90. The average Bonchev–Trinajstić information content (AvgIpc) is 2.34. The number of rotatable bonds is 2. The molecular formula is C13H15ClFNO2. The van der Waals surface area contributed by atoms with Crippen LogP contribution in [-0.2, 0) is 6.42 Å². The Labute approximate surface area is 110 Å². The summed E-state index contributed by atoms with van der Waals surface area (Å²) in [5, 5.41) is 9.00. The van der Waals surface area contributed by atoms with Crippen LogP contribution in [0.4, 0.5) is 9.18 Å². The summed E-state index contributed by atoms with van der Waals surface area (Å²) in [7, 11) is 0. The predicted molar refractivity (Wildman–Crippen MR) is 67.4 cm³/mol. The van der Waals surface area contributed by atoms with Crippen molar-refractivity contribution >= 4 is 17.7 Å². The van der Waals surface area contributed by atoms with Gasteiger partial charge in [0.15, 0.2) is 0 Å². The smallest absolute Gasteiger partial charge is 0.407 e. The molecule has 1 aromatic carbocycles. The van der Waals surface area contributed by atoms with Crippen LogP contribution >= 0.6 is 11.6 Å². The number of halogens is 2. The molecule has 1 aromatic rings. The summed E-state index contributed by atoms with van der Waals surface area (Å²) in [5.41, 5.74) is 1.01. The molecule has 98 valence electrons. The van der Waals surface area contributed by atoms with Crippen molar-refractivity contribution in [3.63, 3.8) is 0 Å². The van der Waals surface area contributed by atoms with E-state index in [2.05, 4.69) is 0 Å². The fraction of sp³-hybridized carbons (Fsp3) is 0.462. The topological polar surface area (TPSA) is 40.5 Å². The number of nitrogens with zero attached hydrogens (tertiary/aromatic N) is 1. The summed E-state index contributed by atoms with van der Waals surface area (Å²) in [6.07, 6.45) is 1.68. The Kier molecular flexibility index (Phi) is 4.07. The van der Waals surface area contributed by atoms with Gasteiger partial charge in [0.1, 0.15) is 5.82 Å². The van der Waals surface area contributed by atoms with Gasteiger partial charge in [-0.05, 0) is 42.9 Å². The highest BCUT2D eigenvalue weighted by Gasteiger charge is 2.22. The number of carboxylic acid groups (broad SMARTS) is 1. The van der Waals surface area contributed by atoms with Crippen molar-refractivity contribution in [3.8, 4) is 0 Å². The maximum Gasteiger partial charge on any atom is 0.407 e. The Bertz CT molecular complexity index is 445. The molecule has 18 heavy (non-hydrogen) atoms. The van der Waals surface area contributed by atoms with Gasteiger partial charge in [-0.3, -0.25) is 0 Å². The van der Waals surface area contributed by atoms with Gasteiger partial charge >= 0.3 is 6.09 Å². The van der Waals surface area contributed by atoms with Crippen molar-refractivity contribution in [1.29, 1.82) is 0 Å². The lowest BCUT2D eigenvalue weighted by Gasteiger charge is -2.30. The van der Waals surface area contributed by atoms with Crippen LogP contribution in [-0.4, -0.2) is 29.2 Å². The number of carbonyl (C=O) groups is 1. The Morgan fingerprint density at radius 2 is 2.11 bits per heavy atom. The van der Waals surface area contributed by atoms with E-state index in [9.17, 15) is 9.18 Å². The summed E-state index contributed by atoms with van der Waals surface area (Å²) in [6, 6.07) is 4.77. The van der Waals surface area contributed by atoms with Crippen molar-refractivity contribution in [1.82, 2.24) is 4.90 Å². The average molecular weight is 272 g/mol. The maximum atomic E-state index is 13.0. The second-order valence-electron chi connectivity index (χ2n) is 4.67. The van der Waals surface area contributed by atoms with Crippen molar-refractivity contribution in [3.05, 3.63) is 34.6 Å². The first-order chi connectivity index (χ1) is 8.56. The molecule has 0 radical (unpaired) electrons. The minimum absolute atomic E-state index is 0.149. The molecule has 1 N–H and O–H groups in total. The molecule has 0 saturated carbocycles. The minimum atomic E-state index is -0.849. The molecule has 1 aliphatic heterocycles. The highest BCUT2D eigenvalue weighted by Crippen LogP contribution is 2.24. The van der Waals surface area contributed by atoms with Crippen LogP contribution < -0.4 is 0 Å². The molecule has 1 aliphatic rings. The lowest BCUT2D eigenvalue weighted by Crippen LogP contribution is -2.37. The summed E-state index contributed by atoms with van der Waals surface area (Å²) < 4.78 is 13.0. The van der Waals surface area contributed by atoms with Crippen molar-refractivity contribution < 1.29 is 14.3 Å². The number of likely N-dealkylation sites (tertiary alicyclic amines) is 1. The number of hydrogen-bond acceptors (Lipinski definition) is 1. The molecular weight excluding hydrogens is 257 g/mol. The van der Waals surface area contributed by atoms with Gasteiger partial charge in [-0.15, -0.1) is 0 Å². The third-order valence-corrected chi connectivity index (χ3v) is 3.68. The molecule has 5 heteroatoms. The van der Waals surface area contributed by atoms with Crippen molar-refractivity contribution in [2.24, 2.45) is 5.92 Å². The Hall–Kier alpha value is -1.29.